The first kappa shape index (κ1) is 23.3. The van der Waals surface area contributed by atoms with Crippen LogP contribution in [0, 0.1) is 35.5 Å². The van der Waals surface area contributed by atoms with Crippen molar-refractivity contribution in [3.05, 3.63) is 11.6 Å². The molecule has 5 unspecified atom stereocenters. The zero-order valence-electron chi connectivity index (χ0n) is 18.9. The molecule has 0 radical (unpaired) electrons. The van der Waals surface area contributed by atoms with Gasteiger partial charge in [-0.1, -0.05) is 63.9 Å². The van der Waals surface area contributed by atoms with Crippen LogP contribution in [0.4, 0.5) is 0 Å². The molecule has 0 aromatic carbocycles. The first-order chi connectivity index (χ1) is 14.5. The molecule has 4 nitrogen and oxygen atoms in total. The third-order valence-corrected chi connectivity index (χ3v) is 8.64. The fraction of sp³-hybridized carbons (Fsp3) is 0.846. The highest BCUT2D eigenvalue weighted by Gasteiger charge is 2.38. The monoisotopic (exact) mass is 418 g/mol. The van der Waals surface area contributed by atoms with Gasteiger partial charge < -0.3 is 10.2 Å². The Morgan fingerprint density at radius 2 is 1.40 bits per heavy atom. The minimum Gasteiger partial charge on any atom is -0.481 e. The van der Waals surface area contributed by atoms with Crippen molar-refractivity contribution in [1.82, 2.24) is 0 Å². The number of hydrogen-bond acceptors (Lipinski definition) is 2. The van der Waals surface area contributed by atoms with Crippen LogP contribution in [0.25, 0.3) is 0 Å². The molecular weight excluding hydrogens is 376 g/mol. The fourth-order valence-corrected chi connectivity index (χ4v) is 7.22. The maximum atomic E-state index is 11.2. The number of allylic oxidation sites excluding steroid dienone is 1. The molecule has 170 valence electrons. The molecule has 30 heavy (non-hydrogen) atoms. The maximum absolute atomic E-state index is 11.2. The molecule has 0 saturated heterocycles. The zero-order valence-corrected chi connectivity index (χ0v) is 18.9. The molecule has 5 atom stereocenters. The van der Waals surface area contributed by atoms with Gasteiger partial charge in [-0.3, -0.25) is 4.79 Å². The van der Waals surface area contributed by atoms with Crippen LogP contribution in [0.15, 0.2) is 11.6 Å². The quantitative estimate of drug-likeness (QED) is 0.488. The van der Waals surface area contributed by atoms with Crippen LogP contribution < -0.4 is 0 Å². The molecule has 0 heterocycles. The summed E-state index contributed by atoms with van der Waals surface area (Å²) in [6, 6.07) is 0. The Morgan fingerprint density at radius 1 is 0.767 bits per heavy atom. The van der Waals surface area contributed by atoms with Gasteiger partial charge >= 0.3 is 11.9 Å². The predicted molar refractivity (Wildman–Crippen MR) is 119 cm³/mol. The number of carboxylic acids is 2. The third kappa shape index (κ3) is 6.11. The van der Waals surface area contributed by atoms with Gasteiger partial charge in [-0.2, -0.15) is 0 Å². The number of carboxylic acid groups (broad SMARTS) is 2. The second-order valence-electron chi connectivity index (χ2n) is 10.4. The van der Waals surface area contributed by atoms with Crippen molar-refractivity contribution in [2.45, 2.75) is 103 Å². The Labute approximate surface area is 182 Å². The highest BCUT2D eigenvalue weighted by molar-refractivity contribution is 5.87. The number of carbonyl (C=O) groups is 2. The smallest absolute Gasteiger partial charge is 0.331 e. The molecule has 0 aromatic rings. The summed E-state index contributed by atoms with van der Waals surface area (Å²) in [4.78, 5) is 21.8. The lowest BCUT2D eigenvalue weighted by molar-refractivity contribution is -0.138. The van der Waals surface area contributed by atoms with Gasteiger partial charge in [0.25, 0.3) is 0 Å². The van der Waals surface area contributed by atoms with Crippen LogP contribution in [0.3, 0.4) is 0 Å². The Balaban J connectivity index is 0.000000172. The summed E-state index contributed by atoms with van der Waals surface area (Å²) in [5.74, 6) is 2.78. The average Bonchev–Trinajstić information content (AvgIpc) is 3.40. The molecule has 4 aliphatic rings. The van der Waals surface area contributed by atoms with E-state index in [1.165, 1.54) is 77.0 Å². The van der Waals surface area contributed by atoms with Crippen molar-refractivity contribution in [2.24, 2.45) is 35.5 Å². The standard InChI is InChI=1S/C14H22O2.C12H20O2/c1-2-11(14(15)16)13-9-5-8-12(13)10-6-3-4-7-10;13-12(14)8-9-5-6-10-3-1-2-4-11(10)7-9/h2,10,12-13H,3-9H2,1H3,(H,15,16);9-11H,1-8H2,(H,13,14)/b11-2+;. The van der Waals surface area contributed by atoms with Crippen molar-refractivity contribution < 1.29 is 19.8 Å². The molecular formula is C26H42O4. The van der Waals surface area contributed by atoms with Crippen LogP contribution >= 0.6 is 0 Å². The van der Waals surface area contributed by atoms with Gasteiger partial charge in [-0.15, -0.1) is 0 Å². The van der Waals surface area contributed by atoms with E-state index in [9.17, 15) is 14.7 Å². The lowest BCUT2D eigenvalue weighted by atomic mass is 9.67. The minimum atomic E-state index is -0.697. The normalized spacial score (nSPS) is 34.7. The van der Waals surface area contributed by atoms with E-state index < -0.39 is 11.9 Å². The summed E-state index contributed by atoms with van der Waals surface area (Å²) in [5, 5.41) is 18.0. The van der Waals surface area contributed by atoms with Crippen LogP contribution in [-0.2, 0) is 9.59 Å². The summed E-state index contributed by atoms with van der Waals surface area (Å²) in [5.41, 5.74) is 0.675. The fourth-order valence-electron chi connectivity index (χ4n) is 7.22. The van der Waals surface area contributed by atoms with Crippen molar-refractivity contribution >= 4 is 11.9 Å². The summed E-state index contributed by atoms with van der Waals surface area (Å²) in [7, 11) is 0. The molecule has 2 N–H and O–H groups in total. The van der Waals surface area contributed by atoms with E-state index in [0.29, 0.717) is 29.7 Å². The minimum absolute atomic E-state index is 0.339. The van der Waals surface area contributed by atoms with Crippen LogP contribution in [-0.4, -0.2) is 22.2 Å². The number of fused-ring (bicyclic) bond motifs is 1. The van der Waals surface area contributed by atoms with Crippen molar-refractivity contribution in [2.75, 3.05) is 0 Å². The second-order valence-corrected chi connectivity index (χ2v) is 10.4. The molecule has 0 bridgehead atoms. The molecule has 0 aliphatic heterocycles. The molecule has 0 spiro atoms. The molecule has 4 fully saturated rings. The molecule has 4 rings (SSSR count). The van der Waals surface area contributed by atoms with Crippen LogP contribution in [0.2, 0.25) is 0 Å². The highest BCUT2D eigenvalue weighted by Crippen LogP contribution is 2.46. The van der Waals surface area contributed by atoms with Gasteiger partial charge in [0.15, 0.2) is 0 Å². The average molecular weight is 419 g/mol. The highest BCUT2D eigenvalue weighted by atomic mass is 16.4. The largest absolute Gasteiger partial charge is 0.481 e. The zero-order chi connectivity index (χ0) is 21.5. The first-order valence-electron chi connectivity index (χ1n) is 12.6. The van der Waals surface area contributed by atoms with E-state index in [1.54, 1.807) is 0 Å². The number of aliphatic carboxylic acids is 2. The van der Waals surface area contributed by atoms with Gasteiger partial charge in [-0.25, -0.2) is 4.79 Å². The van der Waals surface area contributed by atoms with E-state index in [4.69, 9.17) is 5.11 Å². The van der Waals surface area contributed by atoms with Gasteiger partial charge in [0, 0.05) is 12.0 Å². The van der Waals surface area contributed by atoms with Gasteiger partial charge in [0.05, 0.1) is 0 Å². The molecule has 0 amide bonds. The lowest BCUT2D eigenvalue weighted by Crippen LogP contribution is -2.28. The Kier molecular flexibility index (Phi) is 8.83. The van der Waals surface area contributed by atoms with E-state index >= 15 is 0 Å². The Bertz CT molecular complexity index is 604. The summed E-state index contributed by atoms with van der Waals surface area (Å²) in [6.07, 6.45) is 20.4. The summed E-state index contributed by atoms with van der Waals surface area (Å²) < 4.78 is 0. The van der Waals surface area contributed by atoms with E-state index in [1.807, 2.05) is 13.0 Å². The van der Waals surface area contributed by atoms with Crippen LogP contribution in [0.1, 0.15) is 103 Å². The molecule has 4 saturated carbocycles. The van der Waals surface area contributed by atoms with Crippen LogP contribution in [0.5, 0.6) is 0 Å². The SMILES string of the molecule is C/C=C(/C(=O)O)C1CCCC1C1CCCC1.O=C(O)CC1CCC2CCCCC2C1. The van der Waals surface area contributed by atoms with Gasteiger partial charge in [0.1, 0.15) is 0 Å². The second kappa shape index (κ2) is 11.3. The van der Waals surface area contributed by atoms with Crippen molar-refractivity contribution in [1.29, 1.82) is 0 Å². The van der Waals surface area contributed by atoms with E-state index in [-0.39, 0.29) is 0 Å². The van der Waals surface area contributed by atoms with Crippen molar-refractivity contribution in [3.63, 3.8) is 0 Å². The first-order valence-corrected chi connectivity index (χ1v) is 12.6. The summed E-state index contributed by atoms with van der Waals surface area (Å²) in [6.45, 7) is 1.87. The van der Waals surface area contributed by atoms with E-state index in [0.717, 1.165) is 30.6 Å². The van der Waals surface area contributed by atoms with E-state index in [2.05, 4.69) is 0 Å². The maximum Gasteiger partial charge on any atom is 0.331 e. The topological polar surface area (TPSA) is 74.6 Å². The Morgan fingerprint density at radius 3 is 2.00 bits per heavy atom. The lowest BCUT2D eigenvalue weighted by Gasteiger charge is -2.38. The van der Waals surface area contributed by atoms with Crippen molar-refractivity contribution in [3.8, 4) is 0 Å². The molecule has 4 heteroatoms. The summed E-state index contributed by atoms with van der Waals surface area (Å²) >= 11 is 0. The third-order valence-electron chi connectivity index (χ3n) is 8.64. The molecule has 0 aromatic heterocycles. The van der Waals surface area contributed by atoms with Gasteiger partial charge in [-0.05, 0) is 74.5 Å². The van der Waals surface area contributed by atoms with Gasteiger partial charge in [0.2, 0.25) is 0 Å². The number of hydrogen-bond donors (Lipinski definition) is 2. The Hall–Kier alpha value is -1.32. The molecule has 4 aliphatic carbocycles. The number of rotatable bonds is 5. The predicted octanol–water partition coefficient (Wildman–Crippen LogP) is 6.69.